The maximum Gasteiger partial charge on any atom is 0.235 e. The van der Waals surface area contributed by atoms with Gasteiger partial charge in [0.05, 0.1) is 6.04 Å². The number of aromatic nitrogens is 4. The highest BCUT2D eigenvalue weighted by molar-refractivity contribution is 8.00. The summed E-state index contributed by atoms with van der Waals surface area (Å²) in [5.41, 5.74) is 4.01. The van der Waals surface area contributed by atoms with Gasteiger partial charge in [0, 0.05) is 5.75 Å². The van der Waals surface area contributed by atoms with Gasteiger partial charge in [0.25, 0.3) is 0 Å². The molecule has 0 spiro atoms. The molecule has 1 aromatic carbocycles. The SMILES string of the molecule is Cc1ccc(C)c(CSc2nn3c(C4CCCN4)nnc3s2)c1. The lowest BCUT2D eigenvalue weighted by atomic mass is 10.1. The number of fused-ring (bicyclic) bond motifs is 1. The zero-order valence-corrected chi connectivity index (χ0v) is 14.9. The zero-order chi connectivity index (χ0) is 15.8. The van der Waals surface area contributed by atoms with Gasteiger partial charge in [-0.1, -0.05) is 46.9 Å². The second-order valence-corrected chi connectivity index (χ2v) is 8.17. The molecule has 1 fully saturated rings. The summed E-state index contributed by atoms with van der Waals surface area (Å²) in [5.74, 6) is 1.89. The van der Waals surface area contributed by atoms with Gasteiger partial charge in [-0.05, 0) is 44.4 Å². The van der Waals surface area contributed by atoms with E-state index in [0.717, 1.165) is 33.8 Å². The van der Waals surface area contributed by atoms with Crippen LogP contribution in [0.15, 0.2) is 22.5 Å². The van der Waals surface area contributed by atoms with E-state index in [1.807, 2.05) is 4.52 Å². The van der Waals surface area contributed by atoms with Crippen LogP contribution in [0.25, 0.3) is 4.96 Å². The summed E-state index contributed by atoms with van der Waals surface area (Å²) in [6.45, 7) is 5.35. The zero-order valence-electron chi connectivity index (χ0n) is 13.2. The number of aryl methyl sites for hydroxylation is 2. The van der Waals surface area contributed by atoms with Crippen LogP contribution < -0.4 is 5.32 Å². The molecule has 1 aliphatic heterocycles. The highest BCUT2D eigenvalue weighted by atomic mass is 32.2. The van der Waals surface area contributed by atoms with Crippen LogP contribution >= 0.6 is 23.1 Å². The molecule has 3 aromatic rings. The Morgan fingerprint density at radius 2 is 2.26 bits per heavy atom. The molecule has 2 aromatic heterocycles. The number of nitrogens with zero attached hydrogens (tertiary/aromatic N) is 4. The van der Waals surface area contributed by atoms with E-state index in [-0.39, 0.29) is 0 Å². The third-order valence-corrected chi connectivity index (χ3v) is 6.31. The molecule has 0 amide bonds. The maximum atomic E-state index is 4.72. The van der Waals surface area contributed by atoms with E-state index in [2.05, 4.69) is 47.6 Å². The van der Waals surface area contributed by atoms with Gasteiger partial charge in [-0.25, -0.2) is 0 Å². The second kappa shape index (κ2) is 6.22. The molecule has 1 aliphatic rings. The molecule has 0 radical (unpaired) electrons. The Labute approximate surface area is 143 Å². The highest BCUT2D eigenvalue weighted by Crippen LogP contribution is 2.30. The van der Waals surface area contributed by atoms with Gasteiger partial charge >= 0.3 is 0 Å². The summed E-state index contributed by atoms with van der Waals surface area (Å²) in [6.07, 6.45) is 2.31. The lowest BCUT2D eigenvalue weighted by Gasteiger charge is -2.06. The molecule has 3 heterocycles. The first kappa shape index (κ1) is 15.1. The van der Waals surface area contributed by atoms with Gasteiger partial charge in [-0.15, -0.1) is 15.3 Å². The first-order valence-corrected chi connectivity index (χ1v) is 9.65. The lowest BCUT2D eigenvalue weighted by Crippen LogP contribution is -2.16. The maximum absolute atomic E-state index is 4.72. The van der Waals surface area contributed by atoms with Gasteiger partial charge in [0.1, 0.15) is 0 Å². The third-order valence-electron chi connectivity index (χ3n) is 4.22. The molecule has 1 unspecified atom stereocenters. The Balaban J connectivity index is 1.54. The van der Waals surface area contributed by atoms with E-state index >= 15 is 0 Å². The highest BCUT2D eigenvalue weighted by Gasteiger charge is 2.23. The number of rotatable bonds is 4. The van der Waals surface area contributed by atoms with E-state index in [1.165, 1.54) is 23.1 Å². The van der Waals surface area contributed by atoms with Gasteiger partial charge in [-0.3, -0.25) is 0 Å². The third kappa shape index (κ3) is 3.00. The van der Waals surface area contributed by atoms with Gasteiger partial charge < -0.3 is 5.32 Å². The van der Waals surface area contributed by atoms with Crippen LogP contribution in [0.4, 0.5) is 0 Å². The van der Waals surface area contributed by atoms with Crippen molar-refractivity contribution in [1.29, 1.82) is 0 Å². The smallest absolute Gasteiger partial charge is 0.235 e. The molecule has 1 N–H and O–H groups in total. The fourth-order valence-electron chi connectivity index (χ4n) is 2.89. The summed E-state index contributed by atoms with van der Waals surface area (Å²) < 4.78 is 2.97. The van der Waals surface area contributed by atoms with Crippen LogP contribution in [0.3, 0.4) is 0 Å². The first-order chi connectivity index (χ1) is 11.2. The fourth-order valence-corrected chi connectivity index (χ4v) is 4.84. The van der Waals surface area contributed by atoms with E-state index in [0.29, 0.717) is 6.04 Å². The molecule has 120 valence electrons. The van der Waals surface area contributed by atoms with Crippen LogP contribution in [-0.2, 0) is 5.75 Å². The number of benzene rings is 1. The number of hydrogen-bond donors (Lipinski definition) is 1. The standard InChI is InChI=1S/C16H19N5S2/c1-10-5-6-11(2)12(8-10)9-22-16-20-21-14(13-4-3-7-17-13)18-19-15(21)23-16/h5-6,8,13,17H,3-4,7,9H2,1-2H3. The first-order valence-electron chi connectivity index (χ1n) is 7.85. The molecule has 7 heteroatoms. The Morgan fingerprint density at radius 1 is 1.35 bits per heavy atom. The van der Waals surface area contributed by atoms with Crippen molar-refractivity contribution >= 4 is 28.1 Å². The lowest BCUT2D eigenvalue weighted by molar-refractivity contribution is 0.582. The average Bonchev–Trinajstić information content (AvgIpc) is 3.23. The van der Waals surface area contributed by atoms with Crippen LogP contribution in [0.2, 0.25) is 0 Å². The van der Waals surface area contributed by atoms with Crippen molar-refractivity contribution in [1.82, 2.24) is 25.1 Å². The molecule has 4 rings (SSSR count). The molecular weight excluding hydrogens is 326 g/mol. The van der Waals surface area contributed by atoms with Gasteiger partial charge in [0.15, 0.2) is 10.2 Å². The topological polar surface area (TPSA) is 55.1 Å². The normalized spacial score (nSPS) is 18.1. The van der Waals surface area contributed by atoms with Crippen molar-refractivity contribution in [2.45, 2.75) is 42.8 Å². The van der Waals surface area contributed by atoms with Gasteiger partial charge in [0.2, 0.25) is 4.96 Å². The van der Waals surface area contributed by atoms with E-state index in [9.17, 15) is 0 Å². The van der Waals surface area contributed by atoms with Crippen molar-refractivity contribution < 1.29 is 0 Å². The molecule has 23 heavy (non-hydrogen) atoms. The second-order valence-electron chi connectivity index (χ2n) is 5.99. The van der Waals surface area contributed by atoms with E-state index in [1.54, 1.807) is 23.1 Å². The van der Waals surface area contributed by atoms with Crippen molar-refractivity contribution in [2.24, 2.45) is 0 Å². The molecule has 1 saturated heterocycles. The van der Waals surface area contributed by atoms with Crippen molar-refractivity contribution in [3.63, 3.8) is 0 Å². The number of thioether (sulfide) groups is 1. The van der Waals surface area contributed by atoms with Crippen LogP contribution in [0.5, 0.6) is 0 Å². The summed E-state index contributed by atoms with van der Waals surface area (Å²) in [4.78, 5) is 0.886. The number of hydrogen-bond acceptors (Lipinski definition) is 6. The molecule has 0 aliphatic carbocycles. The minimum atomic E-state index is 0.295. The minimum Gasteiger partial charge on any atom is -0.307 e. The van der Waals surface area contributed by atoms with E-state index < -0.39 is 0 Å². The van der Waals surface area contributed by atoms with Crippen molar-refractivity contribution in [3.8, 4) is 0 Å². The fraction of sp³-hybridized carbons (Fsp3) is 0.438. The molecular formula is C16H19N5S2. The van der Waals surface area contributed by atoms with Crippen molar-refractivity contribution in [3.05, 3.63) is 40.7 Å². The minimum absolute atomic E-state index is 0.295. The Bertz CT molecular complexity index is 832. The summed E-state index contributed by atoms with van der Waals surface area (Å²) in [6, 6.07) is 6.90. The Kier molecular flexibility index (Phi) is 4.09. The quantitative estimate of drug-likeness (QED) is 0.733. The van der Waals surface area contributed by atoms with E-state index in [4.69, 9.17) is 5.10 Å². The molecule has 5 nitrogen and oxygen atoms in total. The predicted octanol–water partition coefficient (Wildman–Crippen LogP) is 3.52. The Morgan fingerprint density at radius 3 is 3.09 bits per heavy atom. The Hall–Kier alpha value is -1.44. The molecule has 0 bridgehead atoms. The summed E-state index contributed by atoms with van der Waals surface area (Å²) >= 11 is 3.40. The molecule has 0 saturated carbocycles. The molecule has 1 atom stereocenters. The number of nitrogens with one attached hydrogen (secondary N) is 1. The van der Waals surface area contributed by atoms with Crippen molar-refractivity contribution in [2.75, 3.05) is 6.54 Å². The average molecular weight is 345 g/mol. The van der Waals surface area contributed by atoms with Crippen LogP contribution in [0.1, 0.15) is 41.4 Å². The largest absolute Gasteiger partial charge is 0.307 e. The predicted molar refractivity (Wildman–Crippen MR) is 94.1 cm³/mol. The van der Waals surface area contributed by atoms with Crippen LogP contribution in [-0.4, -0.2) is 26.4 Å². The van der Waals surface area contributed by atoms with Gasteiger partial charge in [-0.2, -0.15) is 4.52 Å². The monoisotopic (exact) mass is 345 g/mol. The van der Waals surface area contributed by atoms with Crippen LogP contribution in [0, 0.1) is 13.8 Å². The summed E-state index contributed by atoms with van der Waals surface area (Å²) in [7, 11) is 0. The summed E-state index contributed by atoms with van der Waals surface area (Å²) in [5, 5.41) is 16.8.